The van der Waals surface area contributed by atoms with Gasteiger partial charge in [-0.1, -0.05) is 66.7 Å². The van der Waals surface area contributed by atoms with Gasteiger partial charge in [0.05, 0.1) is 26.4 Å². The van der Waals surface area contributed by atoms with Gasteiger partial charge in [0, 0.05) is 42.9 Å². The van der Waals surface area contributed by atoms with E-state index in [9.17, 15) is 0 Å². The largest absolute Gasteiger partial charge is 0.378 e. The fourth-order valence-electron chi connectivity index (χ4n) is 4.43. The molecule has 2 aliphatic rings. The molecule has 2 heterocycles. The van der Waals surface area contributed by atoms with E-state index < -0.39 is 7.92 Å². The van der Waals surface area contributed by atoms with Crippen molar-refractivity contribution in [2.45, 2.75) is 0 Å². The molecule has 0 bridgehead atoms. The Morgan fingerprint density at radius 2 is 0.935 bits per heavy atom. The highest BCUT2D eigenvalue weighted by atomic mass is 31.1. The molecular formula is C26H29N2O2P. The Hall–Kier alpha value is -2.39. The Kier molecular flexibility index (Phi) is 6.50. The van der Waals surface area contributed by atoms with Crippen molar-refractivity contribution in [1.29, 1.82) is 0 Å². The average Bonchev–Trinajstić information content (AvgIpc) is 2.87. The number of nitrogens with zero attached hydrogens (tertiary/aromatic N) is 2. The van der Waals surface area contributed by atoms with Gasteiger partial charge in [-0.05, 0) is 30.7 Å². The molecule has 2 aliphatic heterocycles. The van der Waals surface area contributed by atoms with Crippen LogP contribution in [0.2, 0.25) is 0 Å². The molecule has 5 rings (SSSR count). The summed E-state index contributed by atoms with van der Waals surface area (Å²) in [4.78, 5) is 5.04. The van der Waals surface area contributed by atoms with Crippen molar-refractivity contribution < 1.29 is 9.47 Å². The van der Waals surface area contributed by atoms with Crippen LogP contribution in [0.25, 0.3) is 0 Å². The number of anilines is 2. The molecule has 0 radical (unpaired) electrons. The lowest BCUT2D eigenvalue weighted by Crippen LogP contribution is -2.43. The highest BCUT2D eigenvalue weighted by molar-refractivity contribution is 7.80. The van der Waals surface area contributed by atoms with E-state index in [1.54, 1.807) is 0 Å². The van der Waals surface area contributed by atoms with Crippen molar-refractivity contribution in [2.24, 2.45) is 0 Å². The van der Waals surface area contributed by atoms with E-state index in [0.29, 0.717) is 0 Å². The van der Waals surface area contributed by atoms with E-state index in [1.165, 1.54) is 27.3 Å². The molecule has 5 heteroatoms. The number of benzene rings is 3. The highest BCUT2D eigenvalue weighted by Gasteiger charge is 2.28. The smallest absolute Gasteiger partial charge is 0.0642 e. The minimum atomic E-state index is -0.702. The number of rotatable bonds is 5. The molecule has 0 aromatic heterocycles. The monoisotopic (exact) mass is 432 g/mol. The van der Waals surface area contributed by atoms with Crippen LogP contribution in [0.3, 0.4) is 0 Å². The van der Waals surface area contributed by atoms with E-state index in [1.807, 2.05) is 0 Å². The Morgan fingerprint density at radius 1 is 0.516 bits per heavy atom. The van der Waals surface area contributed by atoms with Crippen LogP contribution in [0.5, 0.6) is 0 Å². The first-order valence-electron chi connectivity index (χ1n) is 11.1. The minimum absolute atomic E-state index is 0.702. The molecule has 0 unspecified atom stereocenters. The zero-order valence-electron chi connectivity index (χ0n) is 17.8. The van der Waals surface area contributed by atoms with Crippen molar-refractivity contribution in [3.8, 4) is 0 Å². The summed E-state index contributed by atoms with van der Waals surface area (Å²) in [6.45, 7) is 6.90. The van der Waals surface area contributed by atoms with E-state index in [-0.39, 0.29) is 0 Å². The highest BCUT2D eigenvalue weighted by Crippen LogP contribution is 2.41. The predicted octanol–water partition coefficient (Wildman–Crippen LogP) is 3.12. The summed E-state index contributed by atoms with van der Waals surface area (Å²) in [6.07, 6.45) is 0. The van der Waals surface area contributed by atoms with Gasteiger partial charge in [-0.3, -0.25) is 0 Å². The van der Waals surface area contributed by atoms with E-state index in [0.717, 1.165) is 52.6 Å². The zero-order chi connectivity index (χ0) is 20.9. The fraction of sp³-hybridized carbons (Fsp3) is 0.308. The van der Waals surface area contributed by atoms with Crippen LogP contribution in [0.15, 0.2) is 78.9 Å². The summed E-state index contributed by atoms with van der Waals surface area (Å²) >= 11 is 0. The second-order valence-corrected chi connectivity index (χ2v) is 10.0. The van der Waals surface area contributed by atoms with E-state index in [2.05, 4.69) is 88.7 Å². The van der Waals surface area contributed by atoms with E-state index in [4.69, 9.17) is 9.47 Å². The van der Waals surface area contributed by atoms with Gasteiger partial charge in [0.15, 0.2) is 0 Å². The second-order valence-electron chi connectivity index (χ2n) is 7.85. The minimum Gasteiger partial charge on any atom is -0.378 e. The summed E-state index contributed by atoms with van der Waals surface area (Å²) in [7, 11) is -0.702. The Balaban J connectivity index is 1.71. The van der Waals surface area contributed by atoms with Crippen LogP contribution in [0, 0.1) is 0 Å². The van der Waals surface area contributed by atoms with Crippen LogP contribution in [0.1, 0.15) is 0 Å². The molecule has 4 nitrogen and oxygen atoms in total. The third-order valence-electron chi connectivity index (χ3n) is 5.95. The molecule has 31 heavy (non-hydrogen) atoms. The van der Waals surface area contributed by atoms with Gasteiger partial charge < -0.3 is 19.3 Å². The molecule has 160 valence electrons. The maximum absolute atomic E-state index is 5.67. The Labute approximate surface area is 186 Å². The molecule has 2 saturated heterocycles. The summed E-state index contributed by atoms with van der Waals surface area (Å²) in [5.41, 5.74) is 2.71. The Bertz CT molecular complexity index is 895. The molecule has 0 aliphatic carbocycles. The molecule has 0 amide bonds. The number of hydrogen-bond donors (Lipinski definition) is 0. The fourth-order valence-corrected chi connectivity index (χ4v) is 7.07. The lowest BCUT2D eigenvalue weighted by atomic mass is 10.2. The van der Waals surface area contributed by atoms with Gasteiger partial charge in [-0.15, -0.1) is 0 Å². The summed E-state index contributed by atoms with van der Waals surface area (Å²) < 4.78 is 11.3. The normalized spacial score (nSPS) is 17.2. The quantitative estimate of drug-likeness (QED) is 0.579. The van der Waals surface area contributed by atoms with Gasteiger partial charge in [0.25, 0.3) is 0 Å². The lowest BCUT2D eigenvalue weighted by molar-refractivity contribution is 0.122. The standard InChI is InChI=1S/C26H29N2O2P/c1-3-8-22(9-4-1)31(23-10-5-2-6-11-23)26-24(27-14-18-29-19-15-27)12-7-13-25(26)28-16-20-30-21-17-28/h1-13H,14-21H2. The van der Waals surface area contributed by atoms with Crippen LogP contribution < -0.4 is 25.7 Å². The molecule has 2 fully saturated rings. The second kappa shape index (κ2) is 9.82. The van der Waals surface area contributed by atoms with Gasteiger partial charge in [0.1, 0.15) is 0 Å². The molecule has 3 aromatic rings. The topological polar surface area (TPSA) is 24.9 Å². The van der Waals surface area contributed by atoms with Crippen molar-refractivity contribution >= 4 is 35.2 Å². The maximum Gasteiger partial charge on any atom is 0.0642 e. The zero-order valence-corrected chi connectivity index (χ0v) is 18.7. The molecule has 0 saturated carbocycles. The molecular weight excluding hydrogens is 403 g/mol. The number of hydrogen-bond acceptors (Lipinski definition) is 4. The molecule has 0 N–H and O–H groups in total. The molecule has 0 spiro atoms. The van der Waals surface area contributed by atoms with Gasteiger partial charge in [0.2, 0.25) is 0 Å². The number of morpholine rings is 2. The summed E-state index contributed by atoms with van der Waals surface area (Å²) in [5, 5.41) is 4.23. The third-order valence-corrected chi connectivity index (χ3v) is 8.48. The lowest BCUT2D eigenvalue weighted by Gasteiger charge is -2.37. The first-order chi connectivity index (χ1) is 15.4. The van der Waals surface area contributed by atoms with Crippen molar-refractivity contribution in [3.63, 3.8) is 0 Å². The SMILES string of the molecule is c1ccc(P(c2ccccc2)c2c(N3CCOCC3)cccc2N2CCOCC2)cc1. The first kappa shape index (κ1) is 20.5. The summed E-state index contributed by atoms with van der Waals surface area (Å²) in [6, 6.07) is 28.9. The van der Waals surface area contributed by atoms with Crippen LogP contribution >= 0.6 is 7.92 Å². The average molecular weight is 433 g/mol. The van der Waals surface area contributed by atoms with Crippen molar-refractivity contribution in [2.75, 3.05) is 62.4 Å². The predicted molar refractivity (Wildman–Crippen MR) is 131 cm³/mol. The summed E-state index contributed by atoms with van der Waals surface area (Å²) in [5.74, 6) is 0. The van der Waals surface area contributed by atoms with Crippen LogP contribution in [-0.4, -0.2) is 52.6 Å². The van der Waals surface area contributed by atoms with Gasteiger partial charge >= 0.3 is 0 Å². The molecule has 0 atom stereocenters. The van der Waals surface area contributed by atoms with Crippen LogP contribution in [-0.2, 0) is 9.47 Å². The first-order valence-corrected chi connectivity index (χ1v) is 12.4. The van der Waals surface area contributed by atoms with E-state index >= 15 is 0 Å². The van der Waals surface area contributed by atoms with Gasteiger partial charge in [-0.25, -0.2) is 0 Å². The third kappa shape index (κ3) is 4.48. The van der Waals surface area contributed by atoms with Crippen molar-refractivity contribution in [1.82, 2.24) is 0 Å². The maximum atomic E-state index is 5.67. The van der Waals surface area contributed by atoms with Gasteiger partial charge in [-0.2, -0.15) is 0 Å². The Morgan fingerprint density at radius 3 is 1.35 bits per heavy atom. The molecule has 3 aromatic carbocycles. The number of ether oxygens (including phenoxy) is 2. The van der Waals surface area contributed by atoms with Crippen LogP contribution in [0.4, 0.5) is 11.4 Å². The van der Waals surface area contributed by atoms with Crippen molar-refractivity contribution in [3.05, 3.63) is 78.9 Å².